The van der Waals surface area contributed by atoms with Gasteiger partial charge < -0.3 is 25.0 Å². The molecule has 2 aliphatic carbocycles. The molecule has 152 valence electrons. The molecule has 7 nitrogen and oxygen atoms in total. The van der Waals surface area contributed by atoms with Crippen molar-refractivity contribution in [3.05, 3.63) is 0 Å². The first-order chi connectivity index (χ1) is 12.8. The molecule has 0 aromatic carbocycles. The van der Waals surface area contributed by atoms with Crippen molar-refractivity contribution >= 4 is 12.1 Å². The maximum absolute atomic E-state index is 12.1. The summed E-state index contributed by atoms with van der Waals surface area (Å²) >= 11 is 0. The maximum atomic E-state index is 12.1. The highest BCUT2D eigenvalue weighted by molar-refractivity contribution is 5.81. The lowest BCUT2D eigenvalue weighted by atomic mass is 9.54. The molecular formula is C20H34N4O3. The number of aliphatic imine (C=N–C) groups is 1. The van der Waals surface area contributed by atoms with Crippen LogP contribution in [0.2, 0.25) is 0 Å². The van der Waals surface area contributed by atoms with Crippen LogP contribution in [0.3, 0.4) is 0 Å². The quantitative estimate of drug-likeness (QED) is 0.569. The van der Waals surface area contributed by atoms with Gasteiger partial charge in [-0.2, -0.15) is 0 Å². The number of ether oxygens (including phenoxy) is 2. The fraction of sp³-hybridized carbons (Fsp3) is 0.900. The topological polar surface area (TPSA) is 75.2 Å². The minimum atomic E-state index is -0.451. The van der Waals surface area contributed by atoms with Gasteiger partial charge in [-0.3, -0.25) is 4.99 Å². The summed E-state index contributed by atoms with van der Waals surface area (Å²) in [6.45, 7) is 7.88. The number of hydrogen-bond acceptors (Lipinski definition) is 4. The Hall–Kier alpha value is -1.50. The van der Waals surface area contributed by atoms with Crippen LogP contribution in [0.25, 0.3) is 0 Å². The van der Waals surface area contributed by atoms with Gasteiger partial charge in [0.2, 0.25) is 0 Å². The Morgan fingerprint density at radius 2 is 1.93 bits per heavy atom. The number of fused-ring (bicyclic) bond motifs is 2. The van der Waals surface area contributed by atoms with Gasteiger partial charge in [0.05, 0.1) is 12.1 Å². The summed E-state index contributed by atoms with van der Waals surface area (Å²) in [5.74, 6) is 1.46. The van der Waals surface area contributed by atoms with E-state index in [-0.39, 0.29) is 12.1 Å². The van der Waals surface area contributed by atoms with Gasteiger partial charge in [-0.15, -0.1) is 0 Å². The lowest BCUT2D eigenvalue weighted by Gasteiger charge is -2.57. The molecule has 2 N–H and O–H groups in total. The van der Waals surface area contributed by atoms with Crippen LogP contribution in [0.15, 0.2) is 4.99 Å². The Kier molecular flexibility index (Phi) is 4.77. The SMILES string of the molecule is CN=C(NC1CN(C(=O)OC(C)(C)C)C1)NC1C2CCOC2C12CCCC2. The molecule has 1 amide bonds. The van der Waals surface area contributed by atoms with Crippen LogP contribution in [0, 0.1) is 11.3 Å². The van der Waals surface area contributed by atoms with E-state index in [9.17, 15) is 4.79 Å². The Morgan fingerprint density at radius 3 is 2.56 bits per heavy atom. The van der Waals surface area contributed by atoms with E-state index in [1.165, 1.54) is 25.7 Å². The van der Waals surface area contributed by atoms with E-state index >= 15 is 0 Å². The average Bonchev–Trinajstić information content (AvgIpc) is 3.19. The van der Waals surface area contributed by atoms with E-state index in [0.29, 0.717) is 36.6 Å². The molecule has 0 aromatic rings. The number of carbonyl (C=O) groups excluding carboxylic acids is 1. The molecule has 0 radical (unpaired) electrons. The second-order valence-electron chi connectivity index (χ2n) is 9.60. The lowest BCUT2D eigenvalue weighted by molar-refractivity contribution is -0.125. The van der Waals surface area contributed by atoms with Crippen LogP contribution in [-0.2, 0) is 9.47 Å². The molecule has 0 aromatic heterocycles. The van der Waals surface area contributed by atoms with Crippen molar-refractivity contribution < 1.29 is 14.3 Å². The van der Waals surface area contributed by atoms with Gasteiger partial charge in [-0.25, -0.2) is 4.79 Å². The number of carbonyl (C=O) groups is 1. The molecule has 27 heavy (non-hydrogen) atoms. The second kappa shape index (κ2) is 6.83. The molecule has 4 rings (SSSR count). The summed E-state index contributed by atoms with van der Waals surface area (Å²) in [4.78, 5) is 18.3. The predicted octanol–water partition coefficient (Wildman–Crippen LogP) is 2.12. The van der Waals surface area contributed by atoms with E-state index in [2.05, 4.69) is 15.6 Å². The second-order valence-corrected chi connectivity index (χ2v) is 9.60. The van der Waals surface area contributed by atoms with Crippen LogP contribution in [0.4, 0.5) is 4.79 Å². The largest absolute Gasteiger partial charge is 0.444 e. The average molecular weight is 379 g/mol. The molecule has 3 atom stereocenters. The van der Waals surface area contributed by atoms with Crippen molar-refractivity contribution in [2.75, 3.05) is 26.7 Å². The minimum absolute atomic E-state index is 0.221. The molecule has 2 heterocycles. The fourth-order valence-electron chi connectivity index (χ4n) is 5.46. The van der Waals surface area contributed by atoms with E-state index in [0.717, 1.165) is 19.0 Å². The van der Waals surface area contributed by atoms with Gasteiger partial charge in [0, 0.05) is 44.1 Å². The third-order valence-electron chi connectivity index (χ3n) is 6.68. The molecular weight excluding hydrogens is 344 g/mol. The van der Waals surface area contributed by atoms with E-state index in [4.69, 9.17) is 9.47 Å². The van der Waals surface area contributed by atoms with Crippen LogP contribution in [-0.4, -0.2) is 67.5 Å². The Balaban J connectivity index is 1.29. The van der Waals surface area contributed by atoms with Gasteiger partial charge in [0.1, 0.15) is 5.60 Å². The summed E-state index contributed by atoms with van der Waals surface area (Å²) in [5, 5.41) is 7.20. The monoisotopic (exact) mass is 378 g/mol. The highest BCUT2D eigenvalue weighted by atomic mass is 16.6. The van der Waals surface area contributed by atoms with E-state index in [1.807, 2.05) is 27.8 Å². The van der Waals surface area contributed by atoms with Gasteiger partial charge in [-0.05, 0) is 40.0 Å². The Labute approximate surface area is 162 Å². The van der Waals surface area contributed by atoms with Crippen LogP contribution in [0.1, 0.15) is 52.9 Å². The van der Waals surface area contributed by atoms with Crippen molar-refractivity contribution in [3.63, 3.8) is 0 Å². The summed E-state index contributed by atoms with van der Waals surface area (Å²) in [5.41, 5.74) is -0.145. The maximum Gasteiger partial charge on any atom is 0.410 e. The first kappa shape index (κ1) is 18.8. The zero-order chi connectivity index (χ0) is 19.2. The number of amides is 1. The van der Waals surface area contributed by atoms with Gasteiger partial charge in [-0.1, -0.05) is 12.8 Å². The summed E-state index contributed by atoms with van der Waals surface area (Å²) < 4.78 is 11.5. The third-order valence-corrected chi connectivity index (χ3v) is 6.68. The molecule has 7 heteroatoms. The highest BCUT2D eigenvalue weighted by Crippen LogP contribution is 2.60. The molecule has 4 fully saturated rings. The normalized spacial score (nSPS) is 32.7. The Bertz CT molecular complexity index is 603. The van der Waals surface area contributed by atoms with Crippen LogP contribution < -0.4 is 10.6 Å². The Morgan fingerprint density at radius 1 is 1.22 bits per heavy atom. The minimum Gasteiger partial charge on any atom is -0.444 e. The van der Waals surface area contributed by atoms with Crippen molar-refractivity contribution in [2.45, 2.75) is 76.7 Å². The molecule has 3 unspecified atom stereocenters. The molecule has 2 saturated heterocycles. The van der Waals surface area contributed by atoms with E-state index in [1.54, 1.807) is 4.90 Å². The zero-order valence-electron chi connectivity index (χ0n) is 17.1. The predicted molar refractivity (Wildman–Crippen MR) is 104 cm³/mol. The number of hydrogen-bond donors (Lipinski definition) is 2. The first-order valence-electron chi connectivity index (χ1n) is 10.4. The summed E-state index contributed by atoms with van der Waals surface area (Å²) in [6.07, 6.45) is 6.50. The molecule has 0 bridgehead atoms. The van der Waals surface area contributed by atoms with Crippen molar-refractivity contribution in [1.82, 2.24) is 15.5 Å². The molecule has 2 saturated carbocycles. The van der Waals surface area contributed by atoms with Crippen LogP contribution >= 0.6 is 0 Å². The number of rotatable bonds is 2. The highest BCUT2D eigenvalue weighted by Gasteiger charge is 2.65. The summed E-state index contributed by atoms with van der Waals surface area (Å²) in [6, 6.07) is 0.680. The first-order valence-corrected chi connectivity index (χ1v) is 10.4. The molecule has 2 aliphatic heterocycles. The number of guanidine groups is 1. The van der Waals surface area contributed by atoms with Crippen LogP contribution in [0.5, 0.6) is 0 Å². The van der Waals surface area contributed by atoms with Gasteiger partial charge in [0.25, 0.3) is 0 Å². The standard InChI is InChI=1S/C20H34N4O3/c1-19(2,3)27-18(25)24-11-13(12-24)22-17(21-4)23-15-14-7-10-26-16(14)20(15)8-5-6-9-20/h13-16H,5-12H2,1-4H3,(H2,21,22,23). The van der Waals surface area contributed by atoms with Gasteiger partial charge in [0.15, 0.2) is 5.96 Å². The molecule has 1 spiro atoms. The number of likely N-dealkylation sites (tertiary alicyclic amines) is 1. The lowest BCUT2D eigenvalue weighted by Crippen LogP contribution is -2.71. The van der Waals surface area contributed by atoms with E-state index < -0.39 is 5.60 Å². The summed E-state index contributed by atoms with van der Waals surface area (Å²) in [7, 11) is 1.82. The van der Waals surface area contributed by atoms with Gasteiger partial charge >= 0.3 is 6.09 Å². The molecule has 4 aliphatic rings. The van der Waals surface area contributed by atoms with Crippen molar-refractivity contribution in [1.29, 1.82) is 0 Å². The smallest absolute Gasteiger partial charge is 0.410 e. The number of nitrogens with zero attached hydrogens (tertiary/aromatic N) is 2. The fourth-order valence-corrected chi connectivity index (χ4v) is 5.46. The zero-order valence-corrected chi connectivity index (χ0v) is 17.1. The van der Waals surface area contributed by atoms with Crippen molar-refractivity contribution in [2.24, 2.45) is 16.3 Å². The third kappa shape index (κ3) is 3.39. The number of nitrogens with one attached hydrogen (secondary N) is 2. The van der Waals surface area contributed by atoms with Crippen molar-refractivity contribution in [3.8, 4) is 0 Å².